The van der Waals surface area contributed by atoms with E-state index in [-0.39, 0.29) is 30.1 Å². The SMILES string of the molecule is CC[C@@H](C(=O)O)N1C(=O)[C@H]2[C@@H]3CC[C@@H](C3)[C@@H]2C1=O. The number of carbonyl (C=O) groups excluding carboxylic acids is 2. The summed E-state index contributed by atoms with van der Waals surface area (Å²) in [5.74, 6) is -1.35. The van der Waals surface area contributed by atoms with E-state index in [1.807, 2.05) is 0 Å². The van der Waals surface area contributed by atoms with Crippen LogP contribution < -0.4 is 0 Å². The van der Waals surface area contributed by atoms with E-state index in [2.05, 4.69) is 0 Å². The van der Waals surface area contributed by atoms with Crippen LogP contribution in [0.25, 0.3) is 0 Å². The molecule has 0 aromatic carbocycles. The molecule has 1 aliphatic heterocycles. The molecule has 3 fully saturated rings. The molecular formula is C13H17NO4. The maximum atomic E-state index is 12.3. The van der Waals surface area contributed by atoms with Crippen LogP contribution in [0.1, 0.15) is 32.6 Å². The summed E-state index contributed by atoms with van der Waals surface area (Å²) >= 11 is 0. The Labute approximate surface area is 105 Å². The molecule has 1 N–H and O–H groups in total. The Kier molecular flexibility index (Phi) is 2.47. The van der Waals surface area contributed by atoms with E-state index in [9.17, 15) is 14.4 Å². The van der Waals surface area contributed by atoms with Crippen LogP contribution in [0.15, 0.2) is 0 Å². The quantitative estimate of drug-likeness (QED) is 0.756. The maximum absolute atomic E-state index is 12.3. The lowest BCUT2D eigenvalue weighted by molar-refractivity contribution is -0.155. The summed E-state index contributed by atoms with van der Waals surface area (Å²) in [6.45, 7) is 1.70. The first-order valence-electron chi connectivity index (χ1n) is 6.66. The van der Waals surface area contributed by atoms with Crippen LogP contribution in [0.5, 0.6) is 0 Å². The molecule has 2 amide bonds. The Morgan fingerprint density at radius 2 is 1.78 bits per heavy atom. The number of imide groups is 1. The molecule has 0 radical (unpaired) electrons. The third kappa shape index (κ3) is 1.30. The van der Waals surface area contributed by atoms with Crippen molar-refractivity contribution in [3.8, 4) is 0 Å². The molecule has 0 unspecified atom stereocenters. The number of carboxylic acid groups (broad SMARTS) is 1. The lowest BCUT2D eigenvalue weighted by Gasteiger charge is -2.23. The van der Waals surface area contributed by atoms with Crippen molar-refractivity contribution in [2.24, 2.45) is 23.7 Å². The Morgan fingerprint density at radius 3 is 2.17 bits per heavy atom. The summed E-state index contributed by atoms with van der Waals surface area (Å²) in [7, 11) is 0. The predicted octanol–water partition coefficient (Wildman–Crippen LogP) is 0.881. The summed E-state index contributed by atoms with van der Waals surface area (Å²) in [4.78, 5) is 36.9. The minimum absolute atomic E-state index is 0.218. The van der Waals surface area contributed by atoms with Gasteiger partial charge in [-0.2, -0.15) is 0 Å². The van der Waals surface area contributed by atoms with Gasteiger partial charge in [0.1, 0.15) is 6.04 Å². The first kappa shape index (κ1) is 11.7. The van der Waals surface area contributed by atoms with Gasteiger partial charge in [-0.3, -0.25) is 14.5 Å². The van der Waals surface area contributed by atoms with Crippen LogP contribution in [0.3, 0.4) is 0 Å². The van der Waals surface area contributed by atoms with E-state index in [0.717, 1.165) is 24.2 Å². The van der Waals surface area contributed by atoms with E-state index in [1.165, 1.54) is 0 Å². The average Bonchev–Trinajstić information content (AvgIpc) is 2.98. The van der Waals surface area contributed by atoms with Crippen LogP contribution >= 0.6 is 0 Å². The summed E-state index contributed by atoms with van der Waals surface area (Å²) in [5.41, 5.74) is 0. The Balaban J connectivity index is 1.93. The van der Waals surface area contributed by atoms with E-state index < -0.39 is 12.0 Å². The van der Waals surface area contributed by atoms with Gasteiger partial charge in [0.15, 0.2) is 0 Å². The molecule has 98 valence electrons. The van der Waals surface area contributed by atoms with Crippen molar-refractivity contribution in [2.45, 2.75) is 38.6 Å². The fourth-order valence-corrected chi connectivity index (χ4v) is 4.21. The molecule has 2 bridgehead atoms. The molecule has 0 aromatic rings. The number of fused-ring (bicyclic) bond motifs is 5. The number of amides is 2. The molecule has 3 aliphatic rings. The number of hydrogen-bond acceptors (Lipinski definition) is 3. The first-order chi connectivity index (χ1) is 8.56. The molecule has 0 spiro atoms. The molecule has 1 heterocycles. The second-order valence-corrected chi connectivity index (χ2v) is 5.69. The van der Waals surface area contributed by atoms with Gasteiger partial charge in [0.25, 0.3) is 0 Å². The van der Waals surface area contributed by atoms with E-state index in [4.69, 9.17) is 5.11 Å². The molecule has 5 heteroatoms. The minimum atomic E-state index is -1.08. The summed E-state index contributed by atoms with van der Waals surface area (Å²) in [6.07, 6.45) is 3.29. The van der Waals surface area contributed by atoms with E-state index in [0.29, 0.717) is 11.8 Å². The van der Waals surface area contributed by atoms with E-state index in [1.54, 1.807) is 6.92 Å². The monoisotopic (exact) mass is 251 g/mol. The van der Waals surface area contributed by atoms with Crippen LogP contribution in [0, 0.1) is 23.7 Å². The molecule has 2 aliphatic carbocycles. The Bertz CT molecular complexity index is 405. The number of nitrogens with zero attached hydrogens (tertiary/aromatic N) is 1. The number of hydrogen-bond donors (Lipinski definition) is 1. The number of rotatable bonds is 3. The second-order valence-electron chi connectivity index (χ2n) is 5.69. The summed E-state index contributed by atoms with van der Waals surface area (Å²) < 4.78 is 0. The summed E-state index contributed by atoms with van der Waals surface area (Å²) in [6, 6.07) is -0.977. The minimum Gasteiger partial charge on any atom is -0.480 e. The molecule has 18 heavy (non-hydrogen) atoms. The van der Waals surface area contributed by atoms with Crippen LogP contribution in [-0.4, -0.2) is 33.8 Å². The molecule has 1 saturated heterocycles. The van der Waals surface area contributed by atoms with Crippen LogP contribution in [0.4, 0.5) is 0 Å². The third-order valence-corrected chi connectivity index (χ3v) is 4.94. The predicted molar refractivity (Wildman–Crippen MR) is 61.4 cm³/mol. The van der Waals surface area contributed by atoms with E-state index >= 15 is 0 Å². The summed E-state index contributed by atoms with van der Waals surface area (Å²) in [5, 5.41) is 9.13. The highest BCUT2D eigenvalue weighted by Gasteiger charge is 2.62. The van der Waals surface area contributed by atoms with Crippen LogP contribution in [-0.2, 0) is 14.4 Å². The van der Waals surface area contributed by atoms with Gasteiger partial charge < -0.3 is 5.11 Å². The van der Waals surface area contributed by atoms with Crippen molar-refractivity contribution in [1.82, 2.24) is 4.90 Å². The van der Waals surface area contributed by atoms with Crippen molar-refractivity contribution in [3.05, 3.63) is 0 Å². The van der Waals surface area contributed by atoms with Crippen LogP contribution in [0.2, 0.25) is 0 Å². The topological polar surface area (TPSA) is 74.7 Å². The zero-order chi connectivity index (χ0) is 13.0. The van der Waals surface area contributed by atoms with Crippen molar-refractivity contribution in [3.63, 3.8) is 0 Å². The van der Waals surface area contributed by atoms with Gasteiger partial charge in [-0.25, -0.2) is 4.79 Å². The Morgan fingerprint density at radius 1 is 1.28 bits per heavy atom. The molecule has 0 aromatic heterocycles. The molecule has 2 saturated carbocycles. The van der Waals surface area contributed by atoms with Gasteiger partial charge in [-0.05, 0) is 37.5 Å². The lowest BCUT2D eigenvalue weighted by Crippen LogP contribution is -2.45. The number of likely N-dealkylation sites (tertiary alicyclic amines) is 1. The van der Waals surface area contributed by atoms with Gasteiger partial charge >= 0.3 is 5.97 Å². The highest BCUT2D eigenvalue weighted by Crippen LogP contribution is 2.56. The zero-order valence-electron chi connectivity index (χ0n) is 10.3. The van der Waals surface area contributed by atoms with Crippen molar-refractivity contribution < 1.29 is 19.5 Å². The van der Waals surface area contributed by atoms with Gasteiger partial charge in [-0.1, -0.05) is 6.92 Å². The lowest BCUT2D eigenvalue weighted by atomic mass is 9.81. The van der Waals surface area contributed by atoms with Crippen molar-refractivity contribution >= 4 is 17.8 Å². The highest BCUT2D eigenvalue weighted by molar-refractivity contribution is 6.08. The molecule has 5 atom stereocenters. The number of carbonyl (C=O) groups is 3. The van der Waals surface area contributed by atoms with Crippen molar-refractivity contribution in [2.75, 3.05) is 0 Å². The Hall–Kier alpha value is -1.39. The average molecular weight is 251 g/mol. The number of carboxylic acids is 1. The fraction of sp³-hybridized carbons (Fsp3) is 0.769. The molecule has 3 rings (SSSR count). The normalized spacial score (nSPS) is 39.3. The third-order valence-electron chi connectivity index (χ3n) is 4.94. The van der Waals surface area contributed by atoms with Gasteiger partial charge in [0.05, 0.1) is 11.8 Å². The van der Waals surface area contributed by atoms with Crippen molar-refractivity contribution in [1.29, 1.82) is 0 Å². The highest BCUT2D eigenvalue weighted by atomic mass is 16.4. The van der Waals surface area contributed by atoms with Gasteiger partial charge in [0, 0.05) is 0 Å². The second kappa shape index (κ2) is 3.80. The van der Waals surface area contributed by atoms with Gasteiger partial charge in [0.2, 0.25) is 11.8 Å². The largest absolute Gasteiger partial charge is 0.480 e. The smallest absolute Gasteiger partial charge is 0.326 e. The van der Waals surface area contributed by atoms with Gasteiger partial charge in [-0.15, -0.1) is 0 Å². The number of aliphatic carboxylic acids is 1. The first-order valence-corrected chi connectivity index (χ1v) is 6.66. The standard InChI is InChI=1S/C13H17NO4/c1-2-8(13(17)18)14-11(15)9-6-3-4-7(5-6)10(9)12(14)16/h6-10H,2-5H2,1H3,(H,17,18)/t6-,7+,8-,9-,10-/m0/s1. The molecular weight excluding hydrogens is 234 g/mol. The maximum Gasteiger partial charge on any atom is 0.326 e. The molecule has 5 nitrogen and oxygen atoms in total. The zero-order valence-corrected chi connectivity index (χ0v) is 10.3. The fourth-order valence-electron chi connectivity index (χ4n) is 4.21.